The van der Waals surface area contributed by atoms with Gasteiger partial charge in [0.15, 0.2) is 5.69 Å². The van der Waals surface area contributed by atoms with E-state index in [9.17, 15) is 14.4 Å². The van der Waals surface area contributed by atoms with E-state index in [1.54, 1.807) is 43.5 Å². The highest BCUT2D eigenvalue weighted by Crippen LogP contribution is 2.34. The van der Waals surface area contributed by atoms with E-state index in [2.05, 4.69) is 9.69 Å². The SMILES string of the molecule is COc1ccc(C(C(=O)NC2CCCC2)N(C(=O)c2snc(C(N)=O)c2N)c2ccc(C)cc2)cc1. The molecule has 3 amide bonds. The smallest absolute Gasteiger partial charge is 0.273 e. The molecule has 1 heterocycles. The Morgan fingerprint density at radius 3 is 2.28 bits per heavy atom. The third-order valence-electron chi connectivity index (χ3n) is 6.33. The highest BCUT2D eigenvalue weighted by Gasteiger charge is 2.37. The number of hydrogen-bond acceptors (Lipinski definition) is 7. The lowest BCUT2D eigenvalue weighted by Crippen LogP contribution is -2.46. The predicted molar refractivity (Wildman–Crippen MR) is 139 cm³/mol. The minimum atomic E-state index is -1.01. The Labute approximate surface area is 213 Å². The first-order chi connectivity index (χ1) is 17.3. The van der Waals surface area contributed by atoms with Crippen LogP contribution in [0, 0.1) is 6.92 Å². The van der Waals surface area contributed by atoms with Gasteiger partial charge in [0.1, 0.15) is 16.7 Å². The molecule has 0 bridgehead atoms. The fraction of sp³-hybridized carbons (Fsp3) is 0.308. The van der Waals surface area contributed by atoms with Crippen molar-refractivity contribution in [2.45, 2.75) is 44.7 Å². The summed E-state index contributed by atoms with van der Waals surface area (Å²) < 4.78 is 9.27. The molecule has 4 rings (SSSR count). The molecule has 1 aliphatic rings. The van der Waals surface area contributed by atoms with Crippen LogP contribution in [0.25, 0.3) is 0 Å². The largest absolute Gasteiger partial charge is 0.497 e. The van der Waals surface area contributed by atoms with Crippen LogP contribution in [0.5, 0.6) is 5.75 Å². The fourth-order valence-electron chi connectivity index (χ4n) is 4.38. The number of anilines is 2. The Morgan fingerprint density at radius 1 is 1.08 bits per heavy atom. The number of ether oxygens (including phenoxy) is 1. The summed E-state index contributed by atoms with van der Waals surface area (Å²) in [5, 5.41) is 3.13. The molecule has 188 valence electrons. The number of methoxy groups -OCH3 is 1. The van der Waals surface area contributed by atoms with Crippen LogP contribution in [0.4, 0.5) is 11.4 Å². The normalized spacial score (nSPS) is 14.3. The van der Waals surface area contributed by atoms with Gasteiger partial charge in [0.05, 0.1) is 12.8 Å². The minimum absolute atomic E-state index is 0.0385. The summed E-state index contributed by atoms with van der Waals surface area (Å²) in [5.41, 5.74) is 13.3. The van der Waals surface area contributed by atoms with Gasteiger partial charge < -0.3 is 21.5 Å². The molecule has 36 heavy (non-hydrogen) atoms. The quantitative estimate of drug-likeness (QED) is 0.426. The predicted octanol–water partition coefficient (Wildman–Crippen LogP) is 3.59. The average Bonchev–Trinajstić information content (AvgIpc) is 3.52. The lowest BCUT2D eigenvalue weighted by atomic mass is 10.0. The number of carbonyl (C=O) groups excluding carboxylic acids is 3. The van der Waals surface area contributed by atoms with Crippen molar-refractivity contribution in [3.8, 4) is 5.75 Å². The molecule has 10 heteroatoms. The van der Waals surface area contributed by atoms with E-state index in [-0.39, 0.29) is 28.2 Å². The van der Waals surface area contributed by atoms with Crippen LogP contribution >= 0.6 is 11.5 Å². The van der Waals surface area contributed by atoms with Crippen LogP contribution in [0.15, 0.2) is 48.5 Å². The molecule has 0 saturated heterocycles. The molecule has 5 N–H and O–H groups in total. The van der Waals surface area contributed by atoms with Gasteiger partial charge in [-0.3, -0.25) is 19.3 Å². The van der Waals surface area contributed by atoms with Crippen molar-refractivity contribution in [2.75, 3.05) is 17.7 Å². The monoisotopic (exact) mass is 507 g/mol. The second kappa shape index (κ2) is 10.8. The average molecular weight is 508 g/mol. The van der Waals surface area contributed by atoms with Crippen molar-refractivity contribution < 1.29 is 19.1 Å². The molecule has 0 spiro atoms. The molecule has 1 unspecified atom stereocenters. The third-order valence-corrected chi connectivity index (χ3v) is 7.18. The number of aryl methyl sites for hydroxylation is 1. The summed E-state index contributed by atoms with van der Waals surface area (Å²) >= 11 is 0.783. The van der Waals surface area contributed by atoms with Gasteiger partial charge >= 0.3 is 0 Å². The molecule has 1 atom stereocenters. The maximum atomic E-state index is 14.0. The van der Waals surface area contributed by atoms with Crippen LogP contribution in [0.2, 0.25) is 0 Å². The topological polar surface area (TPSA) is 141 Å². The Bertz CT molecular complexity index is 1250. The molecule has 0 radical (unpaired) electrons. The van der Waals surface area contributed by atoms with E-state index >= 15 is 0 Å². The Balaban J connectivity index is 1.84. The van der Waals surface area contributed by atoms with E-state index in [4.69, 9.17) is 16.2 Å². The van der Waals surface area contributed by atoms with Crippen LogP contribution in [0.3, 0.4) is 0 Å². The van der Waals surface area contributed by atoms with Crippen LogP contribution in [0.1, 0.15) is 63.0 Å². The molecular weight excluding hydrogens is 478 g/mol. The summed E-state index contributed by atoms with van der Waals surface area (Å²) in [6.07, 6.45) is 3.88. The van der Waals surface area contributed by atoms with Gasteiger partial charge in [0, 0.05) is 11.7 Å². The molecular formula is C26H29N5O4S. The van der Waals surface area contributed by atoms with Gasteiger partial charge in [-0.15, -0.1) is 0 Å². The van der Waals surface area contributed by atoms with Gasteiger partial charge in [0.25, 0.3) is 11.8 Å². The Morgan fingerprint density at radius 2 is 1.72 bits per heavy atom. The minimum Gasteiger partial charge on any atom is -0.497 e. The number of nitrogens with one attached hydrogen (secondary N) is 1. The maximum absolute atomic E-state index is 14.0. The molecule has 1 aliphatic carbocycles. The summed E-state index contributed by atoms with van der Waals surface area (Å²) in [4.78, 5) is 41.0. The number of aromatic nitrogens is 1. The molecule has 3 aromatic rings. The Kier molecular flexibility index (Phi) is 7.54. The lowest BCUT2D eigenvalue weighted by molar-refractivity contribution is -0.123. The number of hydrogen-bond donors (Lipinski definition) is 3. The number of amides is 3. The molecule has 9 nitrogen and oxygen atoms in total. The van der Waals surface area contributed by atoms with Crippen LogP contribution < -0.4 is 26.4 Å². The second-order valence-corrected chi connectivity index (χ2v) is 9.59. The van der Waals surface area contributed by atoms with Crippen molar-refractivity contribution >= 4 is 40.6 Å². The lowest BCUT2D eigenvalue weighted by Gasteiger charge is -2.32. The van der Waals surface area contributed by atoms with Gasteiger partial charge in [-0.25, -0.2) is 0 Å². The number of rotatable bonds is 8. The first-order valence-electron chi connectivity index (χ1n) is 11.7. The Hall–Kier alpha value is -3.92. The summed E-state index contributed by atoms with van der Waals surface area (Å²) in [6, 6.07) is 13.3. The molecule has 0 aliphatic heterocycles. The molecule has 1 fully saturated rings. The van der Waals surface area contributed by atoms with Crippen molar-refractivity contribution in [3.05, 3.63) is 70.2 Å². The van der Waals surface area contributed by atoms with Crippen molar-refractivity contribution in [1.29, 1.82) is 0 Å². The first-order valence-corrected chi connectivity index (χ1v) is 12.5. The van der Waals surface area contributed by atoms with Gasteiger partial charge in [-0.05, 0) is 61.1 Å². The highest BCUT2D eigenvalue weighted by molar-refractivity contribution is 7.09. The number of carbonyl (C=O) groups is 3. The number of nitrogens with zero attached hydrogens (tertiary/aromatic N) is 2. The zero-order valence-electron chi connectivity index (χ0n) is 20.2. The van der Waals surface area contributed by atoms with Gasteiger partial charge in [-0.2, -0.15) is 4.37 Å². The van der Waals surface area contributed by atoms with E-state index < -0.39 is 17.9 Å². The van der Waals surface area contributed by atoms with Gasteiger partial charge in [-0.1, -0.05) is 42.7 Å². The molecule has 2 aromatic carbocycles. The molecule has 1 aromatic heterocycles. The number of nitrogen functional groups attached to an aromatic ring is 1. The summed E-state index contributed by atoms with van der Waals surface area (Å²) in [6.45, 7) is 1.93. The second-order valence-electron chi connectivity index (χ2n) is 8.81. The van der Waals surface area contributed by atoms with Crippen molar-refractivity contribution in [3.63, 3.8) is 0 Å². The van der Waals surface area contributed by atoms with Crippen LogP contribution in [-0.4, -0.2) is 35.2 Å². The fourth-order valence-corrected chi connectivity index (χ4v) is 5.12. The standard InChI is InChI=1S/C26H29N5O4S/c1-15-7-11-18(12-8-15)31(26(34)23-20(27)21(24(28)32)30-36-23)22(16-9-13-19(35-2)14-10-16)25(33)29-17-5-3-4-6-17/h7-14,17,22H,3-6,27H2,1-2H3,(H2,28,32)(H,29,33). The maximum Gasteiger partial charge on any atom is 0.273 e. The summed E-state index contributed by atoms with van der Waals surface area (Å²) in [7, 11) is 1.56. The van der Waals surface area contributed by atoms with Crippen molar-refractivity contribution in [1.82, 2.24) is 9.69 Å². The van der Waals surface area contributed by atoms with E-state index in [1.165, 1.54) is 4.90 Å². The first kappa shape index (κ1) is 25.2. The number of nitrogens with two attached hydrogens (primary N) is 2. The zero-order chi connectivity index (χ0) is 25.8. The van der Waals surface area contributed by atoms with Crippen LogP contribution in [-0.2, 0) is 4.79 Å². The third kappa shape index (κ3) is 5.18. The van der Waals surface area contributed by atoms with E-state index in [0.29, 0.717) is 17.0 Å². The van der Waals surface area contributed by atoms with E-state index in [1.807, 2.05) is 19.1 Å². The summed E-state index contributed by atoms with van der Waals surface area (Å²) in [5.74, 6) is -1.06. The number of primary amides is 1. The zero-order valence-corrected chi connectivity index (χ0v) is 21.0. The van der Waals surface area contributed by atoms with Gasteiger partial charge in [0.2, 0.25) is 5.91 Å². The number of benzene rings is 2. The molecule has 1 saturated carbocycles. The highest BCUT2D eigenvalue weighted by atomic mass is 32.1. The van der Waals surface area contributed by atoms with E-state index in [0.717, 1.165) is 42.8 Å². The van der Waals surface area contributed by atoms with Crippen molar-refractivity contribution in [2.24, 2.45) is 5.73 Å².